The van der Waals surface area contributed by atoms with Gasteiger partial charge in [0.25, 0.3) is 0 Å². The van der Waals surface area contributed by atoms with E-state index in [4.69, 9.17) is 16.3 Å². The first-order valence-electron chi connectivity index (χ1n) is 5.18. The van der Waals surface area contributed by atoms with Gasteiger partial charge < -0.3 is 9.64 Å². The van der Waals surface area contributed by atoms with Crippen molar-refractivity contribution in [3.05, 3.63) is 12.4 Å². The highest BCUT2D eigenvalue weighted by Gasteiger charge is 2.11. The Morgan fingerprint density at radius 1 is 1.41 bits per heavy atom. The van der Waals surface area contributed by atoms with Crippen molar-refractivity contribution in [2.24, 2.45) is 0 Å². The maximum absolute atomic E-state index is 5.79. The first-order chi connectivity index (χ1) is 8.36. The number of hydrogen-bond donors (Lipinski definition) is 0. The molecule has 0 atom stereocenters. The first kappa shape index (κ1) is 12.0. The molecular formula is C9H13ClN6O. The summed E-state index contributed by atoms with van der Waals surface area (Å²) in [5, 5.41) is 11.4. The molecule has 0 saturated heterocycles. The number of ether oxygens (including phenoxy) is 1. The molecule has 0 N–H and O–H groups in total. The maximum Gasteiger partial charge on any atom is 0.199 e. The molecule has 7 nitrogen and oxygen atoms in total. The summed E-state index contributed by atoms with van der Waals surface area (Å²) in [6.45, 7) is 2.00. The van der Waals surface area contributed by atoms with Crippen LogP contribution in [0.5, 0.6) is 0 Å². The highest BCUT2D eigenvalue weighted by molar-refractivity contribution is 6.18. The van der Waals surface area contributed by atoms with Crippen LogP contribution in [0, 0.1) is 0 Å². The third kappa shape index (κ3) is 2.62. The van der Waals surface area contributed by atoms with Crippen LogP contribution in [0.25, 0.3) is 5.65 Å². The summed E-state index contributed by atoms with van der Waals surface area (Å²) in [4.78, 5) is 6.14. The SMILES string of the molecule is COCCN(CCCl)c1cncc2nnnn12. The molecule has 0 radical (unpaired) electrons. The van der Waals surface area contributed by atoms with Gasteiger partial charge in [-0.2, -0.15) is 4.52 Å². The van der Waals surface area contributed by atoms with Gasteiger partial charge in [-0.1, -0.05) is 0 Å². The molecule has 92 valence electrons. The molecule has 0 saturated carbocycles. The van der Waals surface area contributed by atoms with E-state index >= 15 is 0 Å². The zero-order valence-electron chi connectivity index (χ0n) is 9.45. The Morgan fingerprint density at radius 2 is 2.29 bits per heavy atom. The van der Waals surface area contributed by atoms with Crippen molar-refractivity contribution in [1.29, 1.82) is 0 Å². The number of methoxy groups -OCH3 is 1. The Morgan fingerprint density at radius 3 is 3.06 bits per heavy atom. The summed E-state index contributed by atoms with van der Waals surface area (Å²) in [6, 6.07) is 0. The number of tetrazole rings is 1. The third-order valence-electron chi connectivity index (χ3n) is 2.33. The Balaban J connectivity index is 2.30. The van der Waals surface area contributed by atoms with Crippen LogP contribution in [0.1, 0.15) is 0 Å². The van der Waals surface area contributed by atoms with Gasteiger partial charge in [0.1, 0.15) is 0 Å². The van der Waals surface area contributed by atoms with Crippen molar-refractivity contribution in [1.82, 2.24) is 25.0 Å². The lowest BCUT2D eigenvalue weighted by molar-refractivity contribution is 0.205. The molecular weight excluding hydrogens is 244 g/mol. The summed E-state index contributed by atoms with van der Waals surface area (Å²) in [6.07, 6.45) is 3.32. The molecule has 2 aromatic rings. The smallest absolute Gasteiger partial charge is 0.199 e. The van der Waals surface area contributed by atoms with E-state index in [1.165, 1.54) is 0 Å². The fourth-order valence-corrected chi connectivity index (χ4v) is 1.73. The number of hydrogen-bond acceptors (Lipinski definition) is 6. The molecule has 2 heterocycles. The zero-order chi connectivity index (χ0) is 12.1. The number of aromatic nitrogens is 5. The van der Waals surface area contributed by atoms with E-state index in [-0.39, 0.29) is 0 Å². The van der Waals surface area contributed by atoms with Crippen LogP contribution in [-0.4, -0.2) is 57.7 Å². The minimum absolute atomic E-state index is 0.516. The normalized spacial score (nSPS) is 10.9. The summed E-state index contributed by atoms with van der Waals surface area (Å²) in [7, 11) is 1.66. The number of nitrogens with zero attached hydrogens (tertiary/aromatic N) is 6. The molecule has 8 heteroatoms. The second kappa shape index (κ2) is 5.74. The largest absolute Gasteiger partial charge is 0.383 e. The molecule has 0 aliphatic rings. The molecule has 0 aliphatic heterocycles. The van der Waals surface area contributed by atoms with Crippen molar-refractivity contribution in [3.63, 3.8) is 0 Å². The van der Waals surface area contributed by atoms with E-state index in [0.717, 1.165) is 5.82 Å². The number of anilines is 1. The maximum atomic E-state index is 5.79. The molecule has 0 bridgehead atoms. The highest BCUT2D eigenvalue weighted by Crippen LogP contribution is 2.12. The van der Waals surface area contributed by atoms with E-state index in [1.54, 1.807) is 24.0 Å². The minimum Gasteiger partial charge on any atom is -0.383 e. The van der Waals surface area contributed by atoms with Crippen LogP contribution in [0.2, 0.25) is 0 Å². The standard InChI is InChI=1S/C9H13ClN6O/c1-17-5-4-15(3-2-10)9-7-11-6-8-12-13-14-16(8)9/h6-7H,2-5H2,1H3. The van der Waals surface area contributed by atoms with Crippen molar-refractivity contribution < 1.29 is 4.74 Å². The lowest BCUT2D eigenvalue weighted by Crippen LogP contribution is -2.31. The van der Waals surface area contributed by atoms with E-state index in [9.17, 15) is 0 Å². The van der Waals surface area contributed by atoms with Gasteiger partial charge in [-0.05, 0) is 10.4 Å². The molecule has 0 amide bonds. The van der Waals surface area contributed by atoms with Gasteiger partial charge in [0.15, 0.2) is 11.5 Å². The van der Waals surface area contributed by atoms with Gasteiger partial charge in [-0.25, -0.2) is 0 Å². The molecule has 2 rings (SSSR count). The van der Waals surface area contributed by atoms with Crippen LogP contribution in [0.15, 0.2) is 12.4 Å². The lowest BCUT2D eigenvalue weighted by Gasteiger charge is -2.22. The fourth-order valence-electron chi connectivity index (χ4n) is 1.52. The van der Waals surface area contributed by atoms with Gasteiger partial charge in [0.2, 0.25) is 0 Å². The Kier molecular flexibility index (Phi) is 4.05. The van der Waals surface area contributed by atoms with E-state index in [0.29, 0.717) is 31.2 Å². The molecule has 2 aromatic heterocycles. The summed E-state index contributed by atoms with van der Waals surface area (Å²) < 4.78 is 6.70. The highest BCUT2D eigenvalue weighted by atomic mass is 35.5. The molecule has 0 fully saturated rings. The zero-order valence-corrected chi connectivity index (χ0v) is 10.2. The van der Waals surface area contributed by atoms with Crippen molar-refractivity contribution >= 4 is 23.1 Å². The number of halogens is 1. The van der Waals surface area contributed by atoms with E-state index in [2.05, 4.69) is 20.5 Å². The van der Waals surface area contributed by atoms with E-state index in [1.807, 2.05) is 4.90 Å². The molecule has 0 spiro atoms. The molecule has 0 aliphatic carbocycles. The van der Waals surface area contributed by atoms with Gasteiger partial charge in [-0.15, -0.1) is 16.7 Å². The Hall–Kier alpha value is -1.47. The number of fused-ring (bicyclic) bond motifs is 1. The monoisotopic (exact) mass is 256 g/mol. The fraction of sp³-hybridized carbons (Fsp3) is 0.556. The first-order valence-corrected chi connectivity index (χ1v) is 5.72. The lowest BCUT2D eigenvalue weighted by atomic mass is 10.4. The van der Waals surface area contributed by atoms with Crippen molar-refractivity contribution in [3.8, 4) is 0 Å². The molecule has 0 aromatic carbocycles. The van der Waals surface area contributed by atoms with Crippen LogP contribution in [0.3, 0.4) is 0 Å². The van der Waals surface area contributed by atoms with Crippen LogP contribution >= 0.6 is 11.6 Å². The third-order valence-corrected chi connectivity index (χ3v) is 2.50. The summed E-state index contributed by atoms with van der Waals surface area (Å²) >= 11 is 5.79. The Labute approximate surface area is 103 Å². The molecule has 17 heavy (non-hydrogen) atoms. The second-order valence-corrected chi connectivity index (χ2v) is 3.76. The average molecular weight is 257 g/mol. The topological polar surface area (TPSA) is 68.4 Å². The van der Waals surface area contributed by atoms with Crippen LogP contribution in [-0.2, 0) is 4.74 Å². The number of rotatable bonds is 6. The summed E-state index contributed by atoms with van der Waals surface area (Å²) in [5.41, 5.74) is 0.611. The van der Waals surface area contributed by atoms with Crippen molar-refractivity contribution in [2.75, 3.05) is 37.6 Å². The quantitative estimate of drug-likeness (QED) is 0.689. The second-order valence-electron chi connectivity index (χ2n) is 3.38. The number of alkyl halides is 1. The van der Waals surface area contributed by atoms with Crippen molar-refractivity contribution in [2.45, 2.75) is 0 Å². The van der Waals surface area contributed by atoms with Gasteiger partial charge in [0, 0.05) is 26.1 Å². The summed E-state index contributed by atoms with van der Waals surface area (Å²) in [5.74, 6) is 1.33. The van der Waals surface area contributed by atoms with Crippen LogP contribution in [0.4, 0.5) is 5.82 Å². The Bertz CT molecular complexity index is 475. The predicted octanol–water partition coefficient (Wildman–Crippen LogP) is 0.211. The van der Waals surface area contributed by atoms with Gasteiger partial charge in [-0.3, -0.25) is 4.98 Å². The molecule has 0 unspecified atom stereocenters. The minimum atomic E-state index is 0.516. The average Bonchev–Trinajstić information content (AvgIpc) is 2.82. The van der Waals surface area contributed by atoms with E-state index < -0.39 is 0 Å². The van der Waals surface area contributed by atoms with Gasteiger partial charge >= 0.3 is 0 Å². The van der Waals surface area contributed by atoms with Gasteiger partial charge in [0.05, 0.1) is 19.0 Å². The predicted molar refractivity (Wildman–Crippen MR) is 63.4 cm³/mol. The van der Waals surface area contributed by atoms with Crippen LogP contribution < -0.4 is 4.90 Å².